The Balaban J connectivity index is 2.10. The molecule has 0 aliphatic carbocycles. The van der Waals surface area contributed by atoms with Crippen LogP contribution in [0.3, 0.4) is 0 Å². The number of nitrogens with zero attached hydrogens (tertiary/aromatic N) is 2. The minimum absolute atomic E-state index is 0.134. The predicted octanol–water partition coefficient (Wildman–Crippen LogP) is 3.25. The molecule has 3 rings (SSSR count). The summed E-state index contributed by atoms with van der Waals surface area (Å²) in [5, 5.41) is 0. The van der Waals surface area contributed by atoms with Crippen LogP contribution in [0.2, 0.25) is 0 Å². The van der Waals surface area contributed by atoms with Gasteiger partial charge in [0.15, 0.2) is 0 Å². The summed E-state index contributed by atoms with van der Waals surface area (Å²) in [6, 6.07) is 6.82. The van der Waals surface area contributed by atoms with Crippen LogP contribution in [-0.4, -0.2) is 16.5 Å². The zero-order chi connectivity index (χ0) is 14.1. The third-order valence-electron chi connectivity index (χ3n) is 2.88. The predicted molar refractivity (Wildman–Crippen MR) is 71.2 cm³/mol. The van der Waals surface area contributed by atoms with Crippen LogP contribution >= 0.6 is 0 Å². The third-order valence-corrected chi connectivity index (χ3v) is 2.88. The molecule has 3 aromatic rings. The molecule has 1 aromatic carbocycles. The Labute approximate surface area is 113 Å². The van der Waals surface area contributed by atoms with Crippen LogP contribution in [0.5, 0.6) is 0 Å². The number of hydrogen-bond acceptors (Lipinski definition) is 3. The van der Waals surface area contributed by atoms with Crippen LogP contribution in [0.1, 0.15) is 0 Å². The summed E-state index contributed by atoms with van der Waals surface area (Å²) in [7, 11) is 1.50. The zero-order valence-corrected chi connectivity index (χ0v) is 10.6. The molecule has 4 nitrogen and oxygen atoms in total. The van der Waals surface area contributed by atoms with Crippen molar-refractivity contribution in [1.29, 1.82) is 0 Å². The lowest BCUT2D eigenvalue weighted by Crippen LogP contribution is -1.95. The van der Waals surface area contributed by atoms with Gasteiger partial charge in [-0.05, 0) is 24.3 Å². The average molecular weight is 275 g/mol. The number of fused-ring (bicyclic) bond motifs is 1. The second kappa shape index (κ2) is 4.90. The van der Waals surface area contributed by atoms with Crippen LogP contribution < -0.4 is 5.48 Å². The molecule has 0 saturated heterocycles. The van der Waals surface area contributed by atoms with Gasteiger partial charge < -0.3 is 4.40 Å². The minimum atomic E-state index is -0.509. The summed E-state index contributed by atoms with van der Waals surface area (Å²) in [6.45, 7) is 0. The van der Waals surface area contributed by atoms with E-state index in [0.29, 0.717) is 11.3 Å². The Morgan fingerprint density at radius 1 is 1.20 bits per heavy atom. The van der Waals surface area contributed by atoms with Gasteiger partial charge in [-0.1, -0.05) is 0 Å². The molecule has 20 heavy (non-hydrogen) atoms. The molecule has 0 fully saturated rings. The average Bonchev–Trinajstić information content (AvgIpc) is 2.85. The van der Waals surface area contributed by atoms with Gasteiger partial charge in [0, 0.05) is 24.0 Å². The lowest BCUT2D eigenvalue weighted by Gasteiger charge is -2.01. The highest BCUT2D eigenvalue weighted by Gasteiger charge is 2.11. The van der Waals surface area contributed by atoms with E-state index in [1.54, 1.807) is 28.9 Å². The fraction of sp³-hybridized carbons (Fsp3) is 0.0714. The normalized spacial score (nSPS) is 10.9. The van der Waals surface area contributed by atoms with Crippen LogP contribution in [0.25, 0.3) is 16.9 Å². The highest BCUT2D eigenvalue weighted by atomic mass is 19.1. The standard InChI is InChI=1S/C14H11F2N3O/c1-20-18-10-4-5-19-8-13(17-14(19)7-10)11-6-9(15)2-3-12(11)16/h2-8,18H,1H3. The summed E-state index contributed by atoms with van der Waals surface area (Å²) in [5.41, 5.74) is 4.51. The van der Waals surface area contributed by atoms with Crippen molar-refractivity contribution in [3.05, 3.63) is 54.4 Å². The van der Waals surface area contributed by atoms with Crippen LogP contribution in [0, 0.1) is 11.6 Å². The van der Waals surface area contributed by atoms with Gasteiger partial charge in [0.1, 0.15) is 17.3 Å². The van der Waals surface area contributed by atoms with Gasteiger partial charge >= 0.3 is 0 Å². The molecule has 0 saturated carbocycles. The second-order valence-corrected chi connectivity index (χ2v) is 4.24. The van der Waals surface area contributed by atoms with E-state index in [-0.39, 0.29) is 5.56 Å². The van der Waals surface area contributed by atoms with E-state index in [4.69, 9.17) is 4.84 Å². The number of rotatable bonds is 3. The number of pyridine rings is 1. The maximum Gasteiger partial charge on any atom is 0.139 e. The van der Waals surface area contributed by atoms with E-state index in [9.17, 15) is 8.78 Å². The summed E-state index contributed by atoms with van der Waals surface area (Å²) in [5.74, 6) is -1.01. The molecular formula is C14H11F2N3O. The lowest BCUT2D eigenvalue weighted by molar-refractivity contribution is 0.271. The quantitative estimate of drug-likeness (QED) is 0.746. The van der Waals surface area contributed by atoms with Crippen LogP contribution in [-0.2, 0) is 4.84 Å². The maximum absolute atomic E-state index is 13.7. The first-order chi connectivity index (χ1) is 9.67. The molecule has 0 bridgehead atoms. The van der Waals surface area contributed by atoms with E-state index in [1.807, 2.05) is 0 Å². The fourth-order valence-corrected chi connectivity index (χ4v) is 1.99. The minimum Gasteiger partial charge on any atom is -0.306 e. The summed E-state index contributed by atoms with van der Waals surface area (Å²) in [6.07, 6.45) is 3.40. The maximum atomic E-state index is 13.7. The molecule has 2 aromatic heterocycles. The van der Waals surface area contributed by atoms with E-state index in [0.717, 1.165) is 23.9 Å². The van der Waals surface area contributed by atoms with Crippen molar-refractivity contribution in [2.75, 3.05) is 12.6 Å². The van der Waals surface area contributed by atoms with Crippen molar-refractivity contribution in [2.24, 2.45) is 0 Å². The molecule has 0 spiro atoms. The zero-order valence-electron chi connectivity index (χ0n) is 10.6. The first-order valence-electron chi connectivity index (χ1n) is 5.90. The van der Waals surface area contributed by atoms with Crippen molar-refractivity contribution < 1.29 is 13.6 Å². The molecule has 2 heterocycles. The van der Waals surface area contributed by atoms with Crippen LogP contribution in [0.4, 0.5) is 14.5 Å². The number of anilines is 1. The molecule has 0 unspecified atom stereocenters. The van der Waals surface area contributed by atoms with Crippen molar-refractivity contribution in [3.63, 3.8) is 0 Å². The first kappa shape index (κ1) is 12.6. The Morgan fingerprint density at radius 3 is 2.85 bits per heavy atom. The van der Waals surface area contributed by atoms with Gasteiger partial charge in [0.05, 0.1) is 18.5 Å². The lowest BCUT2D eigenvalue weighted by atomic mass is 10.1. The smallest absolute Gasteiger partial charge is 0.139 e. The molecule has 1 N–H and O–H groups in total. The molecule has 6 heteroatoms. The molecule has 0 atom stereocenters. The van der Waals surface area contributed by atoms with E-state index in [1.165, 1.54) is 7.11 Å². The Morgan fingerprint density at radius 2 is 2.05 bits per heavy atom. The number of aromatic nitrogens is 2. The van der Waals surface area contributed by atoms with E-state index < -0.39 is 11.6 Å². The number of hydrogen-bond donors (Lipinski definition) is 1. The SMILES string of the molecule is CONc1ccn2cc(-c3cc(F)ccc3F)nc2c1. The van der Waals surface area contributed by atoms with Crippen molar-refractivity contribution in [1.82, 2.24) is 9.38 Å². The summed E-state index contributed by atoms with van der Waals surface area (Å²) < 4.78 is 28.7. The van der Waals surface area contributed by atoms with Crippen molar-refractivity contribution >= 4 is 11.3 Å². The highest BCUT2D eigenvalue weighted by molar-refractivity contribution is 5.65. The van der Waals surface area contributed by atoms with Gasteiger partial charge in [-0.3, -0.25) is 10.3 Å². The molecule has 0 aliphatic heterocycles. The largest absolute Gasteiger partial charge is 0.306 e. The molecule has 0 radical (unpaired) electrons. The Kier molecular flexibility index (Phi) is 3.08. The Hall–Kier alpha value is -2.47. The number of benzene rings is 1. The monoisotopic (exact) mass is 275 g/mol. The second-order valence-electron chi connectivity index (χ2n) is 4.24. The summed E-state index contributed by atoms with van der Waals surface area (Å²) in [4.78, 5) is 9.10. The molecular weight excluding hydrogens is 264 g/mol. The fourth-order valence-electron chi connectivity index (χ4n) is 1.99. The van der Waals surface area contributed by atoms with Crippen molar-refractivity contribution in [2.45, 2.75) is 0 Å². The molecule has 102 valence electrons. The number of halogens is 2. The summed E-state index contributed by atoms with van der Waals surface area (Å²) >= 11 is 0. The first-order valence-corrected chi connectivity index (χ1v) is 5.90. The number of imidazole rings is 1. The molecule has 0 aliphatic rings. The van der Waals surface area contributed by atoms with E-state index in [2.05, 4.69) is 10.5 Å². The van der Waals surface area contributed by atoms with Gasteiger partial charge in [0.2, 0.25) is 0 Å². The van der Waals surface area contributed by atoms with Gasteiger partial charge in [0.25, 0.3) is 0 Å². The van der Waals surface area contributed by atoms with Gasteiger partial charge in [-0.25, -0.2) is 13.8 Å². The third kappa shape index (κ3) is 2.21. The molecule has 0 amide bonds. The topological polar surface area (TPSA) is 38.6 Å². The number of nitrogens with one attached hydrogen (secondary N) is 1. The van der Waals surface area contributed by atoms with Gasteiger partial charge in [-0.15, -0.1) is 0 Å². The van der Waals surface area contributed by atoms with Gasteiger partial charge in [-0.2, -0.15) is 0 Å². The Bertz CT molecular complexity index is 770. The van der Waals surface area contributed by atoms with Crippen LogP contribution in [0.15, 0.2) is 42.7 Å². The highest BCUT2D eigenvalue weighted by Crippen LogP contribution is 2.24. The van der Waals surface area contributed by atoms with E-state index >= 15 is 0 Å². The van der Waals surface area contributed by atoms with Crippen molar-refractivity contribution in [3.8, 4) is 11.3 Å².